The van der Waals surface area contributed by atoms with Crippen LogP contribution in [-0.4, -0.2) is 18.0 Å². The summed E-state index contributed by atoms with van der Waals surface area (Å²) in [5, 5.41) is -0.347. The first kappa shape index (κ1) is 9.01. The summed E-state index contributed by atoms with van der Waals surface area (Å²) in [5.74, 6) is 0. The third kappa shape index (κ3) is 1.30. The van der Waals surface area contributed by atoms with Crippen molar-refractivity contribution >= 4 is 16.8 Å². The fraction of sp³-hybridized carbons (Fsp3) is 0.875. The highest BCUT2D eigenvalue weighted by molar-refractivity contribution is 6.64. The van der Waals surface area contributed by atoms with Gasteiger partial charge < -0.3 is 4.74 Å². The lowest BCUT2D eigenvalue weighted by Gasteiger charge is -2.46. The lowest BCUT2D eigenvalue weighted by Crippen LogP contribution is -2.54. The van der Waals surface area contributed by atoms with Gasteiger partial charge in [0.25, 0.3) is 5.24 Å². The summed E-state index contributed by atoms with van der Waals surface area (Å²) in [5.41, 5.74) is 0.0405. The molecular weight excluding hydrogens is 164 g/mol. The van der Waals surface area contributed by atoms with Gasteiger partial charge in [-0.1, -0.05) is 13.8 Å². The second kappa shape index (κ2) is 3.11. The van der Waals surface area contributed by atoms with Crippen LogP contribution in [0.15, 0.2) is 0 Å². The van der Waals surface area contributed by atoms with Crippen LogP contribution >= 0.6 is 11.6 Å². The van der Waals surface area contributed by atoms with Crippen molar-refractivity contribution in [3.63, 3.8) is 0 Å². The molecule has 1 aliphatic rings. The summed E-state index contributed by atoms with van der Waals surface area (Å²) in [4.78, 5) is 10.8. The van der Waals surface area contributed by atoms with Crippen molar-refractivity contribution in [1.29, 1.82) is 0 Å². The van der Waals surface area contributed by atoms with Crippen molar-refractivity contribution in [2.75, 3.05) is 6.61 Å². The van der Waals surface area contributed by atoms with E-state index in [9.17, 15) is 4.79 Å². The average Bonchev–Trinajstić information content (AvgIpc) is 1.87. The van der Waals surface area contributed by atoms with Gasteiger partial charge in [-0.05, 0) is 24.4 Å². The van der Waals surface area contributed by atoms with Crippen LogP contribution in [0.1, 0.15) is 26.7 Å². The van der Waals surface area contributed by atoms with E-state index in [0.29, 0.717) is 6.61 Å². The lowest BCUT2D eigenvalue weighted by molar-refractivity contribution is -0.189. The molecule has 1 heterocycles. The molecule has 11 heavy (non-hydrogen) atoms. The van der Waals surface area contributed by atoms with E-state index in [0.717, 1.165) is 12.8 Å². The first-order valence-corrected chi connectivity index (χ1v) is 4.35. The second-order valence-corrected chi connectivity index (χ2v) is 3.44. The minimum atomic E-state index is -0.348. The first-order chi connectivity index (χ1) is 5.16. The van der Waals surface area contributed by atoms with E-state index in [-0.39, 0.29) is 16.8 Å². The Labute approximate surface area is 71.9 Å². The number of carbonyl (C=O) groups excluding carboxylic acids is 1. The molecule has 0 radical (unpaired) electrons. The van der Waals surface area contributed by atoms with Crippen LogP contribution in [0.4, 0.5) is 0 Å². The van der Waals surface area contributed by atoms with E-state index in [1.165, 1.54) is 0 Å². The van der Waals surface area contributed by atoms with Gasteiger partial charge in [-0.25, -0.2) is 0 Å². The summed E-state index contributed by atoms with van der Waals surface area (Å²) in [6.07, 6.45) is 1.58. The Morgan fingerprint density at radius 1 is 1.64 bits per heavy atom. The van der Waals surface area contributed by atoms with Crippen LogP contribution in [0.2, 0.25) is 0 Å². The number of rotatable bonds is 3. The van der Waals surface area contributed by atoms with E-state index >= 15 is 0 Å². The third-order valence-electron chi connectivity index (χ3n) is 2.71. The molecule has 0 aliphatic carbocycles. The van der Waals surface area contributed by atoms with E-state index in [1.807, 2.05) is 0 Å². The summed E-state index contributed by atoms with van der Waals surface area (Å²) in [7, 11) is 0. The van der Waals surface area contributed by atoms with Gasteiger partial charge in [-0.15, -0.1) is 0 Å². The monoisotopic (exact) mass is 176 g/mol. The Hall–Kier alpha value is -0.0800. The van der Waals surface area contributed by atoms with Crippen molar-refractivity contribution in [2.45, 2.75) is 32.8 Å². The summed E-state index contributed by atoms with van der Waals surface area (Å²) < 4.78 is 5.11. The number of carbonyl (C=O) groups is 1. The van der Waals surface area contributed by atoms with Gasteiger partial charge in [-0.2, -0.15) is 0 Å². The molecule has 0 aromatic carbocycles. The zero-order valence-electron chi connectivity index (χ0n) is 6.89. The van der Waals surface area contributed by atoms with E-state index in [2.05, 4.69) is 13.8 Å². The predicted molar refractivity (Wildman–Crippen MR) is 43.6 cm³/mol. The number of ether oxygens (including phenoxy) is 1. The lowest BCUT2D eigenvalue weighted by atomic mass is 9.74. The second-order valence-electron chi connectivity index (χ2n) is 3.06. The van der Waals surface area contributed by atoms with Crippen LogP contribution in [0, 0.1) is 5.41 Å². The molecule has 64 valence electrons. The zero-order chi connectivity index (χ0) is 8.48. The Balaban J connectivity index is 2.64. The average molecular weight is 177 g/mol. The van der Waals surface area contributed by atoms with Gasteiger partial charge in [0.1, 0.15) is 6.10 Å². The largest absolute Gasteiger partial charge is 0.368 e. The zero-order valence-corrected chi connectivity index (χ0v) is 7.65. The smallest absolute Gasteiger partial charge is 0.251 e. The fourth-order valence-electron chi connectivity index (χ4n) is 1.53. The highest BCUT2D eigenvalue weighted by Crippen LogP contribution is 2.42. The Kier molecular flexibility index (Phi) is 2.55. The third-order valence-corrected chi connectivity index (χ3v) is 2.91. The van der Waals surface area contributed by atoms with Gasteiger partial charge >= 0.3 is 0 Å². The number of hydrogen-bond donors (Lipinski definition) is 0. The molecule has 1 atom stereocenters. The predicted octanol–water partition coefficient (Wildman–Crippen LogP) is 1.96. The molecule has 0 aromatic rings. The molecule has 0 N–H and O–H groups in total. The molecule has 1 fully saturated rings. The SMILES string of the molecule is CCC1(CC)COC1C(=O)Cl. The molecule has 0 spiro atoms. The number of hydrogen-bond acceptors (Lipinski definition) is 2. The molecule has 0 aromatic heterocycles. The van der Waals surface area contributed by atoms with Crippen LogP contribution < -0.4 is 0 Å². The van der Waals surface area contributed by atoms with Gasteiger partial charge in [-0.3, -0.25) is 4.79 Å². The van der Waals surface area contributed by atoms with Crippen LogP contribution in [-0.2, 0) is 9.53 Å². The van der Waals surface area contributed by atoms with E-state index in [4.69, 9.17) is 16.3 Å². The maximum absolute atomic E-state index is 10.8. The summed E-state index contributed by atoms with van der Waals surface area (Å²) in [6, 6.07) is 0. The molecule has 1 rings (SSSR count). The van der Waals surface area contributed by atoms with Crippen molar-refractivity contribution < 1.29 is 9.53 Å². The fourth-order valence-corrected chi connectivity index (χ4v) is 1.83. The Morgan fingerprint density at radius 2 is 2.18 bits per heavy atom. The maximum atomic E-state index is 10.8. The molecule has 2 nitrogen and oxygen atoms in total. The molecule has 0 saturated carbocycles. The maximum Gasteiger partial charge on any atom is 0.251 e. The molecule has 1 unspecified atom stereocenters. The number of halogens is 1. The summed E-state index contributed by atoms with van der Waals surface area (Å²) in [6.45, 7) is 4.82. The van der Waals surface area contributed by atoms with Crippen LogP contribution in [0.5, 0.6) is 0 Å². The van der Waals surface area contributed by atoms with Crippen molar-refractivity contribution in [3.05, 3.63) is 0 Å². The standard InChI is InChI=1S/C8H13ClO2/c1-3-8(4-2)5-11-6(8)7(9)10/h6H,3-5H2,1-2H3. The van der Waals surface area contributed by atoms with Crippen LogP contribution in [0.25, 0.3) is 0 Å². The van der Waals surface area contributed by atoms with Crippen molar-refractivity contribution in [2.24, 2.45) is 5.41 Å². The first-order valence-electron chi connectivity index (χ1n) is 3.97. The van der Waals surface area contributed by atoms with E-state index < -0.39 is 0 Å². The van der Waals surface area contributed by atoms with Crippen molar-refractivity contribution in [1.82, 2.24) is 0 Å². The highest BCUT2D eigenvalue weighted by atomic mass is 35.5. The van der Waals surface area contributed by atoms with Gasteiger partial charge in [0.05, 0.1) is 6.61 Å². The van der Waals surface area contributed by atoms with Gasteiger partial charge in [0.2, 0.25) is 0 Å². The van der Waals surface area contributed by atoms with Crippen LogP contribution in [0.3, 0.4) is 0 Å². The molecule has 3 heteroatoms. The minimum absolute atomic E-state index is 0.0405. The molecule has 1 saturated heterocycles. The summed E-state index contributed by atoms with van der Waals surface area (Å²) >= 11 is 5.36. The van der Waals surface area contributed by atoms with Gasteiger partial charge in [0, 0.05) is 5.41 Å². The molecule has 1 aliphatic heterocycles. The Bertz CT molecular complexity index is 158. The van der Waals surface area contributed by atoms with E-state index in [1.54, 1.807) is 0 Å². The topological polar surface area (TPSA) is 26.3 Å². The molecule has 0 bridgehead atoms. The normalized spacial score (nSPS) is 27.7. The quantitative estimate of drug-likeness (QED) is 0.615. The van der Waals surface area contributed by atoms with Crippen molar-refractivity contribution in [3.8, 4) is 0 Å². The highest BCUT2D eigenvalue weighted by Gasteiger charge is 2.48. The Morgan fingerprint density at radius 3 is 2.27 bits per heavy atom. The molecular formula is C8H13ClO2. The minimum Gasteiger partial charge on any atom is -0.368 e. The van der Waals surface area contributed by atoms with Gasteiger partial charge in [0.15, 0.2) is 0 Å². The molecule has 0 amide bonds.